The number of aromatic nitrogens is 3. The molecule has 3 aromatic heterocycles. The van der Waals surface area contributed by atoms with E-state index in [9.17, 15) is 4.79 Å². The van der Waals surface area contributed by atoms with Gasteiger partial charge in [0, 0.05) is 17.0 Å². The molecule has 0 saturated heterocycles. The third-order valence-electron chi connectivity index (χ3n) is 4.81. The number of hydrogen-bond acceptors (Lipinski definition) is 5. The van der Waals surface area contributed by atoms with E-state index in [1.165, 1.54) is 0 Å². The predicted molar refractivity (Wildman–Crippen MR) is 114 cm³/mol. The first-order valence-corrected chi connectivity index (χ1v) is 9.72. The molecule has 4 rings (SSSR count). The minimum absolute atomic E-state index is 0.159. The van der Waals surface area contributed by atoms with Crippen molar-refractivity contribution in [3.05, 3.63) is 71.9 Å². The number of para-hydroxylation sites is 1. The average Bonchev–Trinajstić information content (AvgIpc) is 3.40. The van der Waals surface area contributed by atoms with Crippen LogP contribution in [0.1, 0.15) is 42.7 Å². The minimum Gasteiger partial charge on any atom is -0.496 e. The summed E-state index contributed by atoms with van der Waals surface area (Å²) in [6.45, 7) is 6.56. The molecule has 3 heterocycles. The third kappa shape index (κ3) is 3.78. The largest absolute Gasteiger partial charge is 0.496 e. The molecule has 0 unspecified atom stereocenters. The van der Waals surface area contributed by atoms with Crippen molar-refractivity contribution in [3.8, 4) is 17.0 Å². The molecule has 30 heavy (non-hydrogen) atoms. The monoisotopic (exact) mass is 404 g/mol. The van der Waals surface area contributed by atoms with Gasteiger partial charge in [-0.05, 0) is 30.3 Å². The molecule has 154 valence electrons. The van der Waals surface area contributed by atoms with Crippen LogP contribution in [0.25, 0.3) is 16.9 Å². The second-order valence-electron chi connectivity index (χ2n) is 8.04. The number of hydrogen-bond donors (Lipinski definition) is 1. The summed E-state index contributed by atoms with van der Waals surface area (Å²) in [5, 5.41) is 7.63. The number of fused-ring (bicyclic) bond motifs is 1. The molecule has 1 amide bonds. The van der Waals surface area contributed by atoms with E-state index in [1.807, 2.05) is 36.4 Å². The standard InChI is InChI=1S/C23H24N4O3/c1-23(2,3)20-13-21-25-17(22(28)24-14-15-8-7-11-30-15)12-18(27(21)26-20)16-9-5-6-10-19(16)29-4/h5-13H,14H2,1-4H3,(H,24,28). The van der Waals surface area contributed by atoms with Gasteiger partial charge >= 0.3 is 0 Å². The van der Waals surface area contributed by atoms with Crippen molar-refractivity contribution in [2.45, 2.75) is 32.7 Å². The Labute approximate surface area is 174 Å². The second-order valence-corrected chi connectivity index (χ2v) is 8.04. The fraction of sp³-hybridized carbons (Fsp3) is 0.261. The van der Waals surface area contributed by atoms with Crippen LogP contribution in [-0.2, 0) is 12.0 Å². The van der Waals surface area contributed by atoms with Crippen LogP contribution >= 0.6 is 0 Å². The topological polar surface area (TPSA) is 81.7 Å². The first kappa shape index (κ1) is 19.7. The quantitative estimate of drug-likeness (QED) is 0.538. The van der Waals surface area contributed by atoms with Crippen LogP contribution in [0.2, 0.25) is 0 Å². The maximum absolute atomic E-state index is 12.8. The van der Waals surface area contributed by atoms with Crippen LogP contribution in [0.3, 0.4) is 0 Å². The summed E-state index contributed by atoms with van der Waals surface area (Å²) in [6, 6.07) is 14.9. The first-order valence-electron chi connectivity index (χ1n) is 9.72. The number of carbonyl (C=O) groups excluding carboxylic acids is 1. The lowest BCUT2D eigenvalue weighted by Gasteiger charge is -2.14. The smallest absolute Gasteiger partial charge is 0.270 e. The summed E-state index contributed by atoms with van der Waals surface area (Å²) >= 11 is 0. The highest BCUT2D eigenvalue weighted by atomic mass is 16.5. The van der Waals surface area contributed by atoms with E-state index in [1.54, 1.807) is 30.0 Å². The SMILES string of the molecule is COc1ccccc1-c1cc(C(=O)NCc2ccco2)nc2cc(C(C)(C)C)nn12. The van der Waals surface area contributed by atoms with Gasteiger partial charge in [-0.1, -0.05) is 32.9 Å². The van der Waals surface area contributed by atoms with Crippen molar-refractivity contribution in [2.75, 3.05) is 7.11 Å². The molecule has 4 aromatic rings. The Kier molecular flexibility index (Phi) is 5.03. The van der Waals surface area contributed by atoms with Gasteiger partial charge < -0.3 is 14.5 Å². The summed E-state index contributed by atoms with van der Waals surface area (Å²) in [5.74, 6) is 1.08. The van der Waals surface area contributed by atoms with Gasteiger partial charge in [-0.25, -0.2) is 9.50 Å². The number of ether oxygens (including phenoxy) is 1. The maximum Gasteiger partial charge on any atom is 0.270 e. The Morgan fingerprint density at radius 2 is 1.97 bits per heavy atom. The van der Waals surface area contributed by atoms with Gasteiger partial charge in [0.15, 0.2) is 5.65 Å². The van der Waals surface area contributed by atoms with Crippen molar-refractivity contribution < 1.29 is 13.9 Å². The van der Waals surface area contributed by atoms with E-state index in [2.05, 4.69) is 31.1 Å². The van der Waals surface area contributed by atoms with Gasteiger partial charge in [0.05, 0.1) is 31.3 Å². The first-order chi connectivity index (χ1) is 14.4. The zero-order valence-corrected chi connectivity index (χ0v) is 17.5. The molecule has 0 aliphatic rings. The van der Waals surface area contributed by atoms with E-state index < -0.39 is 0 Å². The molecule has 7 heteroatoms. The number of carbonyl (C=O) groups is 1. The molecule has 1 aromatic carbocycles. The van der Waals surface area contributed by atoms with Crippen molar-refractivity contribution in [2.24, 2.45) is 0 Å². The lowest BCUT2D eigenvalue weighted by molar-refractivity contribution is 0.0943. The Morgan fingerprint density at radius 3 is 2.67 bits per heavy atom. The highest BCUT2D eigenvalue weighted by Gasteiger charge is 2.22. The van der Waals surface area contributed by atoms with Crippen LogP contribution < -0.4 is 10.1 Å². The number of amides is 1. The van der Waals surface area contributed by atoms with E-state index in [4.69, 9.17) is 14.3 Å². The van der Waals surface area contributed by atoms with Crippen molar-refractivity contribution in [3.63, 3.8) is 0 Å². The summed E-state index contributed by atoms with van der Waals surface area (Å²) in [6.07, 6.45) is 1.58. The van der Waals surface area contributed by atoms with E-state index in [0.717, 1.165) is 17.0 Å². The fourth-order valence-corrected chi connectivity index (χ4v) is 3.18. The van der Waals surface area contributed by atoms with E-state index in [0.29, 0.717) is 22.9 Å². The molecule has 0 aliphatic carbocycles. The third-order valence-corrected chi connectivity index (χ3v) is 4.81. The molecule has 0 atom stereocenters. The lowest BCUT2D eigenvalue weighted by Crippen LogP contribution is -2.24. The van der Waals surface area contributed by atoms with Gasteiger partial charge in [0.25, 0.3) is 5.91 Å². The Hall–Kier alpha value is -3.61. The van der Waals surface area contributed by atoms with Gasteiger partial charge in [-0.3, -0.25) is 4.79 Å². The normalized spacial score (nSPS) is 11.6. The van der Waals surface area contributed by atoms with Crippen molar-refractivity contribution >= 4 is 11.6 Å². The lowest BCUT2D eigenvalue weighted by atomic mass is 9.93. The Morgan fingerprint density at radius 1 is 1.17 bits per heavy atom. The maximum atomic E-state index is 12.8. The van der Waals surface area contributed by atoms with Crippen LogP contribution in [0.5, 0.6) is 5.75 Å². The predicted octanol–water partition coefficient (Wildman–Crippen LogP) is 4.23. The molecule has 0 fully saturated rings. The van der Waals surface area contributed by atoms with Gasteiger partial charge in [-0.2, -0.15) is 5.10 Å². The highest BCUT2D eigenvalue weighted by Crippen LogP contribution is 2.31. The van der Waals surface area contributed by atoms with Crippen molar-refractivity contribution in [1.82, 2.24) is 19.9 Å². The van der Waals surface area contributed by atoms with Gasteiger partial charge in [0.1, 0.15) is 17.2 Å². The summed E-state index contributed by atoms with van der Waals surface area (Å²) in [4.78, 5) is 17.4. The van der Waals surface area contributed by atoms with Crippen LogP contribution in [-0.4, -0.2) is 27.6 Å². The summed E-state index contributed by atoms with van der Waals surface area (Å²) in [7, 11) is 1.62. The molecule has 0 spiro atoms. The van der Waals surface area contributed by atoms with Gasteiger partial charge in [-0.15, -0.1) is 0 Å². The molecular weight excluding hydrogens is 380 g/mol. The van der Waals surface area contributed by atoms with Crippen LogP contribution in [0, 0.1) is 0 Å². The van der Waals surface area contributed by atoms with E-state index in [-0.39, 0.29) is 17.9 Å². The Bertz CT molecular complexity index is 1190. The minimum atomic E-state index is -0.288. The summed E-state index contributed by atoms with van der Waals surface area (Å²) in [5.41, 5.74) is 3.20. The fourth-order valence-electron chi connectivity index (χ4n) is 3.18. The molecule has 0 bridgehead atoms. The number of nitrogens with one attached hydrogen (secondary N) is 1. The highest BCUT2D eigenvalue weighted by molar-refractivity contribution is 5.94. The number of rotatable bonds is 5. The number of furan rings is 1. The molecule has 7 nitrogen and oxygen atoms in total. The molecule has 0 radical (unpaired) electrons. The Balaban J connectivity index is 1.83. The zero-order chi connectivity index (χ0) is 21.3. The molecule has 0 aliphatic heterocycles. The molecular formula is C23H24N4O3. The number of benzene rings is 1. The second kappa shape index (κ2) is 7.67. The van der Waals surface area contributed by atoms with Crippen LogP contribution in [0.4, 0.5) is 0 Å². The molecule has 0 saturated carbocycles. The van der Waals surface area contributed by atoms with E-state index >= 15 is 0 Å². The number of nitrogens with zero attached hydrogens (tertiary/aromatic N) is 3. The van der Waals surface area contributed by atoms with Gasteiger partial charge in [0.2, 0.25) is 0 Å². The zero-order valence-electron chi connectivity index (χ0n) is 17.5. The van der Waals surface area contributed by atoms with Crippen molar-refractivity contribution in [1.29, 1.82) is 0 Å². The average molecular weight is 404 g/mol. The van der Waals surface area contributed by atoms with Crippen LogP contribution in [0.15, 0.2) is 59.2 Å². The summed E-state index contributed by atoms with van der Waals surface area (Å²) < 4.78 is 12.6. The molecule has 1 N–H and O–H groups in total. The number of methoxy groups -OCH3 is 1.